The van der Waals surface area contributed by atoms with E-state index in [1.807, 2.05) is 92.1 Å². The van der Waals surface area contributed by atoms with Crippen LogP contribution in [0.4, 0.5) is 5.69 Å². The van der Waals surface area contributed by atoms with Crippen LogP contribution >= 0.6 is 15.9 Å². The van der Waals surface area contributed by atoms with Crippen molar-refractivity contribution >= 4 is 44.5 Å². The fraction of sp³-hybridized carbons (Fsp3) is 0.222. The Bertz CT molecular complexity index is 1300. The molecule has 4 aromatic rings. The number of carbonyl (C=O) groups is 2. The Morgan fingerprint density at radius 3 is 2.26 bits per heavy atom. The van der Waals surface area contributed by atoms with Gasteiger partial charge in [0.1, 0.15) is 12.4 Å². The van der Waals surface area contributed by atoms with E-state index in [9.17, 15) is 9.59 Å². The van der Waals surface area contributed by atoms with Crippen LogP contribution in [0, 0.1) is 0 Å². The van der Waals surface area contributed by atoms with Crippen LogP contribution in [0.3, 0.4) is 0 Å². The van der Waals surface area contributed by atoms with Crippen LogP contribution in [-0.2, 0) is 11.3 Å². The van der Waals surface area contributed by atoms with Gasteiger partial charge in [0.15, 0.2) is 0 Å². The molecular weight excluding hydrogens is 492 g/mol. The Kier molecular flexibility index (Phi) is 7.12. The molecule has 2 amide bonds. The number of para-hydroxylation sites is 3. The smallest absolute Gasteiger partial charge is 0.251 e. The fourth-order valence-electron chi connectivity index (χ4n) is 4.07. The number of fused-ring (bicyclic) bond motifs is 1. The molecule has 0 aliphatic carbocycles. The molecule has 0 fully saturated rings. The molecule has 0 bridgehead atoms. The highest BCUT2D eigenvalue weighted by Crippen LogP contribution is 2.24. The lowest BCUT2D eigenvalue weighted by molar-refractivity contribution is -0.119. The molecule has 1 atom stereocenters. The summed E-state index contributed by atoms with van der Waals surface area (Å²) in [5.74, 6) is 0.395. The molecule has 0 aliphatic heterocycles. The van der Waals surface area contributed by atoms with Gasteiger partial charge < -0.3 is 14.8 Å². The zero-order valence-corrected chi connectivity index (χ0v) is 21.0. The van der Waals surface area contributed by atoms with Gasteiger partial charge >= 0.3 is 0 Å². The predicted molar refractivity (Wildman–Crippen MR) is 139 cm³/mol. The van der Waals surface area contributed by atoms with Crippen molar-refractivity contribution in [1.82, 2.24) is 14.9 Å². The second-order valence-electron chi connectivity index (χ2n) is 8.44. The highest BCUT2D eigenvalue weighted by Gasteiger charge is 2.24. The molecule has 0 spiro atoms. The largest absolute Gasteiger partial charge is 0.342 e. The number of rotatable bonds is 7. The maximum absolute atomic E-state index is 13.5. The molecule has 6 nitrogen and oxygen atoms in total. The number of hydrogen-bond donors (Lipinski definition) is 1. The summed E-state index contributed by atoms with van der Waals surface area (Å²) in [5.41, 5.74) is 3.05. The first kappa shape index (κ1) is 23.7. The predicted octanol–water partition coefficient (Wildman–Crippen LogP) is 5.73. The first-order valence-corrected chi connectivity index (χ1v) is 12.0. The standard InChI is InChI=1S/C27H27BrN4O2/c1-18(2)32(22-9-5-4-6-10-22)25(33)17-31-24-12-8-7-11-23(24)30-26(31)19(3)29-27(34)20-13-15-21(28)16-14-20/h4-16,18-19H,17H2,1-3H3,(H,29,34). The number of imidazole rings is 1. The van der Waals surface area contributed by atoms with Gasteiger partial charge in [0.05, 0.1) is 17.1 Å². The second kappa shape index (κ2) is 10.2. The van der Waals surface area contributed by atoms with Crippen LogP contribution in [0.25, 0.3) is 11.0 Å². The van der Waals surface area contributed by atoms with Crippen LogP contribution in [0.2, 0.25) is 0 Å². The molecule has 174 valence electrons. The van der Waals surface area contributed by atoms with Gasteiger partial charge in [0, 0.05) is 21.8 Å². The molecule has 1 N–H and O–H groups in total. The maximum atomic E-state index is 13.5. The average molecular weight is 519 g/mol. The third kappa shape index (κ3) is 5.04. The molecular formula is C27H27BrN4O2. The lowest BCUT2D eigenvalue weighted by Gasteiger charge is -2.28. The third-order valence-corrected chi connectivity index (χ3v) is 6.17. The second-order valence-corrected chi connectivity index (χ2v) is 9.36. The topological polar surface area (TPSA) is 67.2 Å². The molecule has 7 heteroatoms. The Hall–Kier alpha value is -3.45. The molecule has 34 heavy (non-hydrogen) atoms. The van der Waals surface area contributed by atoms with Gasteiger partial charge in [-0.15, -0.1) is 0 Å². The maximum Gasteiger partial charge on any atom is 0.251 e. The van der Waals surface area contributed by atoms with Crippen molar-refractivity contribution in [2.24, 2.45) is 0 Å². The summed E-state index contributed by atoms with van der Waals surface area (Å²) in [7, 11) is 0. The van der Waals surface area contributed by atoms with Crippen LogP contribution in [-0.4, -0.2) is 27.4 Å². The number of anilines is 1. The van der Waals surface area contributed by atoms with Crippen LogP contribution < -0.4 is 10.2 Å². The van der Waals surface area contributed by atoms with Gasteiger partial charge in [-0.1, -0.05) is 46.3 Å². The number of hydrogen-bond acceptors (Lipinski definition) is 3. The van der Waals surface area contributed by atoms with Crippen molar-refractivity contribution in [2.45, 2.75) is 39.4 Å². The van der Waals surface area contributed by atoms with Crippen molar-refractivity contribution in [2.75, 3.05) is 4.90 Å². The summed E-state index contributed by atoms with van der Waals surface area (Å²) in [6.45, 7) is 6.00. The van der Waals surface area contributed by atoms with E-state index in [0.717, 1.165) is 21.2 Å². The van der Waals surface area contributed by atoms with Crippen molar-refractivity contribution in [1.29, 1.82) is 0 Å². The van der Waals surface area contributed by atoms with Crippen molar-refractivity contribution in [3.63, 3.8) is 0 Å². The lowest BCUT2D eigenvalue weighted by Crippen LogP contribution is -2.40. The van der Waals surface area contributed by atoms with E-state index in [1.165, 1.54) is 0 Å². The summed E-state index contributed by atoms with van der Waals surface area (Å²) in [6, 6.07) is 24.1. The molecule has 4 rings (SSSR count). The van der Waals surface area contributed by atoms with Gasteiger partial charge in [-0.05, 0) is 69.3 Å². The van der Waals surface area contributed by atoms with Gasteiger partial charge in [-0.2, -0.15) is 0 Å². The Labute approximate surface area is 207 Å². The first-order chi connectivity index (χ1) is 16.3. The summed E-state index contributed by atoms with van der Waals surface area (Å²) in [4.78, 5) is 32.9. The van der Waals surface area contributed by atoms with E-state index in [1.54, 1.807) is 17.0 Å². The number of carbonyl (C=O) groups excluding carboxylic acids is 2. The number of halogens is 1. The quantitative estimate of drug-likeness (QED) is 0.339. The monoisotopic (exact) mass is 518 g/mol. The molecule has 3 aromatic carbocycles. The van der Waals surface area contributed by atoms with E-state index >= 15 is 0 Å². The van der Waals surface area contributed by atoms with Gasteiger partial charge in [-0.3, -0.25) is 9.59 Å². The normalized spacial score (nSPS) is 12.0. The number of benzene rings is 3. The zero-order chi connectivity index (χ0) is 24.2. The van der Waals surface area contributed by atoms with E-state index in [2.05, 4.69) is 21.2 Å². The molecule has 1 aromatic heterocycles. The summed E-state index contributed by atoms with van der Waals surface area (Å²) >= 11 is 3.39. The minimum atomic E-state index is -0.402. The summed E-state index contributed by atoms with van der Waals surface area (Å²) in [5, 5.41) is 3.03. The van der Waals surface area contributed by atoms with Gasteiger partial charge in [0.2, 0.25) is 5.91 Å². The van der Waals surface area contributed by atoms with E-state index < -0.39 is 6.04 Å². The minimum Gasteiger partial charge on any atom is -0.342 e. The molecule has 0 radical (unpaired) electrons. The Morgan fingerprint density at radius 1 is 0.941 bits per heavy atom. The number of nitrogens with one attached hydrogen (secondary N) is 1. The average Bonchev–Trinajstić information content (AvgIpc) is 3.18. The first-order valence-electron chi connectivity index (χ1n) is 11.2. The van der Waals surface area contributed by atoms with Crippen LogP contribution in [0.15, 0.2) is 83.3 Å². The SMILES string of the molecule is CC(NC(=O)c1ccc(Br)cc1)c1nc2ccccc2n1CC(=O)N(c1ccccc1)C(C)C. The van der Waals surface area contributed by atoms with Crippen molar-refractivity contribution in [3.05, 3.63) is 94.7 Å². The van der Waals surface area contributed by atoms with Crippen LogP contribution in [0.5, 0.6) is 0 Å². The molecule has 1 unspecified atom stereocenters. The fourth-order valence-corrected chi connectivity index (χ4v) is 4.33. The van der Waals surface area contributed by atoms with E-state index in [-0.39, 0.29) is 24.4 Å². The Morgan fingerprint density at radius 2 is 1.59 bits per heavy atom. The minimum absolute atomic E-state index is 0.0114. The third-order valence-electron chi connectivity index (χ3n) is 5.64. The number of nitrogens with zero attached hydrogens (tertiary/aromatic N) is 3. The number of aromatic nitrogens is 2. The highest BCUT2D eigenvalue weighted by molar-refractivity contribution is 9.10. The zero-order valence-electron chi connectivity index (χ0n) is 19.4. The van der Waals surface area contributed by atoms with Gasteiger partial charge in [0.25, 0.3) is 5.91 Å². The van der Waals surface area contributed by atoms with E-state index in [0.29, 0.717) is 11.4 Å². The molecule has 0 aliphatic rings. The summed E-state index contributed by atoms with van der Waals surface area (Å²) in [6.07, 6.45) is 0. The highest BCUT2D eigenvalue weighted by atomic mass is 79.9. The van der Waals surface area contributed by atoms with Crippen LogP contribution in [0.1, 0.15) is 43.0 Å². The van der Waals surface area contributed by atoms with Gasteiger partial charge in [-0.25, -0.2) is 4.98 Å². The summed E-state index contributed by atoms with van der Waals surface area (Å²) < 4.78 is 2.81. The van der Waals surface area contributed by atoms with Crippen molar-refractivity contribution in [3.8, 4) is 0 Å². The van der Waals surface area contributed by atoms with Crippen molar-refractivity contribution < 1.29 is 9.59 Å². The molecule has 1 heterocycles. The lowest BCUT2D eigenvalue weighted by atomic mass is 10.2. The number of amides is 2. The van der Waals surface area contributed by atoms with E-state index in [4.69, 9.17) is 4.98 Å². The molecule has 0 saturated carbocycles. The molecule has 0 saturated heterocycles. The Balaban J connectivity index is 1.65.